The Balaban J connectivity index is 0.960. The predicted octanol–water partition coefficient (Wildman–Crippen LogP) is 16.7. The molecule has 0 spiro atoms. The van der Waals surface area contributed by atoms with Gasteiger partial charge in [0, 0.05) is 33.5 Å². The molecular weight excluding hydrogens is 785 g/mol. The van der Waals surface area contributed by atoms with Crippen LogP contribution in [0.25, 0.3) is 60.5 Å². The summed E-state index contributed by atoms with van der Waals surface area (Å²) in [6.45, 7) is 6.81. The second-order valence-electron chi connectivity index (χ2n) is 18.6. The molecule has 0 aliphatic heterocycles. The van der Waals surface area contributed by atoms with Crippen molar-refractivity contribution in [2.45, 2.75) is 31.6 Å². The minimum absolute atomic E-state index is 0.0762. The maximum Gasteiger partial charge on any atom is 0.0713 e. The smallest absolute Gasteiger partial charge is 0.0713 e. The Kier molecular flexibility index (Phi) is 9.00. The SMILES string of the molecule is CC(C)(C)c1ccc(N(c2ccc(-c3ccc4c(c3)c3ccccc3n4-c3ccc4c(c3)-c3ccccc3C4(c3ccccc3)c3ccccc3)cc2)c2ccc3ccccc3c2)cc1. The molecule has 0 fully saturated rings. The molecule has 0 saturated heterocycles. The average molecular weight is 833 g/mol. The summed E-state index contributed by atoms with van der Waals surface area (Å²) >= 11 is 0. The van der Waals surface area contributed by atoms with Gasteiger partial charge >= 0.3 is 0 Å². The standard InChI is InChI=1S/C63H48N2/c1-62(2,3)47-30-35-51(36-31-47)64(52-34-28-43-16-10-11-17-45(43)40-52)50-32-26-44(27-33-50)46-29-39-61-57(41-46)55-23-13-15-25-60(55)65(61)53-37-38-59-56(42-53)54-22-12-14-24-58(54)63(59,48-18-6-4-7-19-48)49-20-8-5-9-21-49/h4-42H,1-3H3. The van der Waals surface area contributed by atoms with Gasteiger partial charge in [0.2, 0.25) is 0 Å². The van der Waals surface area contributed by atoms with Crippen LogP contribution in [0.1, 0.15) is 48.6 Å². The maximum absolute atomic E-state index is 2.46. The lowest BCUT2D eigenvalue weighted by Gasteiger charge is -2.33. The lowest BCUT2D eigenvalue weighted by molar-refractivity contribution is 0.590. The van der Waals surface area contributed by atoms with Gasteiger partial charge in [0.25, 0.3) is 0 Å². The minimum Gasteiger partial charge on any atom is -0.310 e. The molecule has 12 rings (SSSR count). The molecular formula is C63H48N2. The van der Waals surface area contributed by atoms with Gasteiger partial charge in [-0.1, -0.05) is 191 Å². The summed E-state index contributed by atoms with van der Waals surface area (Å²) < 4.78 is 2.46. The van der Waals surface area contributed by atoms with Crippen LogP contribution in [0.4, 0.5) is 17.1 Å². The second-order valence-corrected chi connectivity index (χ2v) is 18.6. The molecule has 1 heterocycles. The zero-order valence-electron chi connectivity index (χ0n) is 36.9. The Morgan fingerprint density at radius 2 is 0.954 bits per heavy atom. The highest BCUT2D eigenvalue weighted by atomic mass is 15.1. The first-order chi connectivity index (χ1) is 31.9. The number of nitrogens with zero attached hydrogens (tertiary/aromatic N) is 2. The molecule has 0 amide bonds. The van der Waals surface area contributed by atoms with E-state index in [1.807, 2.05) is 0 Å². The molecule has 0 radical (unpaired) electrons. The van der Waals surface area contributed by atoms with Crippen molar-refractivity contribution in [3.63, 3.8) is 0 Å². The summed E-state index contributed by atoms with van der Waals surface area (Å²) in [6.07, 6.45) is 0. The molecule has 310 valence electrons. The first-order valence-corrected chi connectivity index (χ1v) is 22.8. The number of hydrogen-bond acceptors (Lipinski definition) is 1. The zero-order chi connectivity index (χ0) is 43.7. The van der Waals surface area contributed by atoms with Crippen LogP contribution in [0, 0.1) is 0 Å². The van der Waals surface area contributed by atoms with Crippen LogP contribution in [-0.4, -0.2) is 4.57 Å². The average Bonchev–Trinajstić information content (AvgIpc) is 3.85. The molecule has 2 nitrogen and oxygen atoms in total. The second kappa shape index (κ2) is 15.1. The largest absolute Gasteiger partial charge is 0.310 e. The molecule has 1 aromatic heterocycles. The molecule has 0 unspecified atom stereocenters. The van der Waals surface area contributed by atoms with Crippen LogP contribution in [0.2, 0.25) is 0 Å². The Morgan fingerprint density at radius 1 is 0.385 bits per heavy atom. The van der Waals surface area contributed by atoms with Gasteiger partial charge in [-0.15, -0.1) is 0 Å². The monoisotopic (exact) mass is 832 g/mol. The highest BCUT2D eigenvalue weighted by molar-refractivity contribution is 6.10. The van der Waals surface area contributed by atoms with Crippen molar-refractivity contribution in [2.75, 3.05) is 4.90 Å². The maximum atomic E-state index is 2.46. The van der Waals surface area contributed by atoms with Crippen LogP contribution in [0.5, 0.6) is 0 Å². The van der Waals surface area contributed by atoms with Gasteiger partial charge in [0.05, 0.1) is 16.4 Å². The van der Waals surface area contributed by atoms with Gasteiger partial charge in [0.15, 0.2) is 0 Å². The van der Waals surface area contributed by atoms with Gasteiger partial charge in [-0.2, -0.15) is 0 Å². The molecule has 0 atom stereocenters. The molecule has 1 aliphatic carbocycles. The van der Waals surface area contributed by atoms with Crippen LogP contribution in [-0.2, 0) is 10.8 Å². The van der Waals surface area contributed by atoms with Crippen molar-refractivity contribution < 1.29 is 0 Å². The first kappa shape index (κ1) is 38.7. The van der Waals surface area contributed by atoms with E-state index in [-0.39, 0.29) is 5.41 Å². The topological polar surface area (TPSA) is 8.17 Å². The van der Waals surface area contributed by atoms with E-state index in [4.69, 9.17) is 0 Å². The van der Waals surface area contributed by atoms with Crippen molar-refractivity contribution in [2.24, 2.45) is 0 Å². The van der Waals surface area contributed by atoms with Gasteiger partial charge < -0.3 is 9.47 Å². The fourth-order valence-electron chi connectivity index (χ4n) is 10.7. The Labute approximate surface area is 381 Å². The summed E-state index contributed by atoms with van der Waals surface area (Å²) in [5.74, 6) is 0. The van der Waals surface area contributed by atoms with Crippen molar-refractivity contribution in [3.05, 3.63) is 264 Å². The van der Waals surface area contributed by atoms with E-state index < -0.39 is 5.41 Å². The molecule has 65 heavy (non-hydrogen) atoms. The number of para-hydroxylation sites is 1. The molecule has 10 aromatic carbocycles. The third-order valence-corrected chi connectivity index (χ3v) is 13.8. The quantitative estimate of drug-likeness (QED) is 0.155. The van der Waals surface area contributed by atoms with Gasteiger partial charge in [0.1, 0.15) is 0 Å². The number of benzene rings is 10. The summed E-state index contributed by atoms with van der Waals surface area (Å²) in [7, 11) is 0. The fourth-order valence-corrected chi connectivity index (χ4v) is 10.7. The number of anilines is 3. The van der Waals surface area contributed by atoms with Crippen LogP contribution in [0.3, 0.4) is 0 Å². The highest BCUT2D eigenvalue weighted by Crippen LogP contribution is 2.56. The third kappa shape index (κ3) is 6.24. The Hall–Kier alpha value is -7.94. The zero-order valence-corrected chi connectivity index (χ0v) is 36.9. The van der Waals surface area contributed by atoms with Crippen LogP contribution < -0.4 is 4.90 Å². The summed E-state index contributed by atoms with van der Waals surface area (Å²) in [5.41, 5.74) is 18.0. The van der Waals surface area contributed by atoms with E-state index in [0.717, 1.165) is 22.7 Å². The molecule has 11 aromatic rings. The summed E-state index contributed by atoms with van der Waals surface area (Å²) in [5, 5.41) is 4.94. The van der Waals surface area contributed by atoms with Crippen molar-refractivity contribution in [1.82, 2.24) is 4.57 Å². The van der Waals surface area contributed by atoms with E-state index in [9.17, 15) is 0 Å². The predicted molar refractivity (Wildman–Crippen MR) is 274 cm³/mol. The molecule has 0 N–H and O–H groups in total. The lowest BCUT2D eigenvalue weighted by Crippen LogP contribution is -2.28. The molecule has 2 heteroatoms. The molecule has 0 saturated carbocycles. The number of rotatable bonds is 7. The van der Waals surface area contributed by atoms with E-state index in [1.54, 1.807) is 0 Å². The van der Waals surface area contributed by atoms with Crippen molar-refractivity contribution in [3.8, 4) is 27.9 Å². The van der Waals surface area contributed by atoms with E-state index in [0.29, 0.717) is 0 Å². The summed E-state index contributed by atoms with van der Waals surface area (Å²) in [4.78, 5) is 2.37. The molecule has 1 aliphatic rings. The van der Waals surface area contributed by atoms with Crippen LogP contribution in [0.15, 0.2) is 237 Å². The van der Waals surface area contributed by atoms with Gasteiger partial charge in [-0.05, 0) is 133 Å². The van der Waals surface area contributed by atoms with Crippen molar-refractivity contribution >= 4 is 49.6 Å². The fraction of sp³-hybridized carbons (Fsp3) is 0.0794. The van der Waals surface area contributed by atoms with E-state index >= 15 is 0 Å². The number of hydrogen-bond donors (Lipinski definition) is 0. The normalized spacial score (nSPS) is 13.0. The van der Waals surface area contributed by atoms with Gasteiger partial charge in [-0.3, -0.25) is 0 Å². The third-order valence-electron chi connectivity index (χ3n) is 13.8. The number of aromatic nitrogens is 1. The van der Waals surface area contributed by atoms with E-state index in [1.165, 1.54) is 82.6 Å². The van der Waals surface area contributed by atoms with Crippen molar-refractivity contribution in [1.29, 1.82) is 0 Å². The Morgan fingerprint density at radius 3 is 1.68 bits per heavy atom. The minimum atomic E-state index is -0.429. The van der Waals surface area contributed by atoms with Gasteiger partial charge in [-0.25, -0.2) is 0 Å². The number of fused-ring (bicyclic) bond motifs is 7. The first-order valence-electron chi connectivity index (χ1n) is 22.8. The highest BCUT2D eigenvalue weighted by Gasteiger charge is 2.46. The summed E-state index contributed by atoms with van der Waals surface area (Å²) in [6, 6.07) is 87.6. The lowest BCUT2D eigenvalue weighted by atomic mass is 9.68. The van der Waals surface area contributed by atoms with Crippen LogP contribution >= 0.6 is 0 Å². The molecule has 0 bridgehead atoms. The van der Waals surface area contributed by atoms with E-state index in [2.05, 4.69) is 267 Å². The Bertz CT molecular complexity index is 3520.